The van der Waals surface area contributed by atoms with Crippen LogP contribution >= 0.6 is 0 Å². The Bertz CT molecular complexity index is 530. The van der Waals surface area contributed by atoms with Gasteiger partial charge in [-0.2, -0.15) is 0 Å². The van der Waals surface area contributed by atoms with E-state index in [4.69, 9.17) is 4.74 Å². The first kappa shape index (κ1) is 12.6. The van der Waals surface area contributed by atoms with Gasteiger partial charge in [0.1, 0.15) is 6.26 Å². The van der Waals surface area contributed by atoms with Crippen LogP contribution in [-0.4, -0.2) is 29.4 Å². The molecule has 1 heterocycles. The first-order valence-electron chi connectivity index (χ1n) is 5.22. The van der Waals surface area contributed by atoms with Crippen LogP contribution in [0.3, 0.4) is 0 Å². The fourth-order valence-electron chi connectivity index (χ4n) is 1.73. The van der Waals surface area contributed by atoms with Crippen molar-refractivity contribution in [2.24, 2.45) is 0 Å². The SMILES string of the molecule is COc1c(F)cc(Cc2cnoc2)cc1B(O)O. The van der Waals surface area contributed by atoms with Crippen LogP contribution < -0.4 is 10.2 Å². The molecule has 0 atom stereocenters. The fourth-order valence-corrected chi connectivity index (χ4v) is 1.73. The van der Waals surface area contributed by atoms with Crippen molar-refractivity contribution in [1.82, 2.24) is 5.16 Å². The summed E-state index contributed by atoms with van der Waals surface area (Å²) in [6.45, 7) is 0. The summed E-state index contributed by atoms with van der Waals surface area (Å²) in [6, 6.07) is 2.75. The van der Waals surface area contributed by atoms with E-state index in [0.29, 0.717) is 12.0 Å². The van der Waals surface area contributed by atoms with Crippen LogP contribution in [0, 0.1) is 5.82 Å². The number of methoxy groups -OCH3 is 1. The third kappa shape index (κ3) is 2.52. The predicted molar refractivity (Wildman–Crippen MR) is 62.1 cm³/mol. The molecular weight excluding hydrogens is 240 g/mol. The Balaban J connectivity index is 2.38. The van der Waals surface area contributed by atoms with Gasteiger partial charge < -0.3 is 19.3 Å². The number of nitrogens with zero attached hydrogens (tertiary/aromatic N) is 1. The highest BCUT2D eigenvalue weighted by molar-refractivity contribution is 6.59. The summed E-state index contributed by atoms with van der Waals surface area (Å²) in [7, 11) is -0.527. The number of aromatic nitrogens is 1. The summed E-state index contributed by atoms with van der Waals surface area (Å²) < 4.78 is 23.2. The van der Waals surface area contributed by atoms with Crippen LogP contribution in [0.2, 0.25) is 0 Å². The van der Waals surface area contributed by atoms with Gasteiger partial charge in [0.15, 0.2) is 11.6 Å². The number of benzene rings is 1. The van der Waals surface area contributed by atoms with E-state index in [9.17, 15) is 14.4 Å². The normalized spacial score (nSPS) is 10.4. The molecule has 0 spiro atoms. The van der Waals surface area contributed by atoms with Gasteiger partial charge in [-0.1, -0.05) is 11.2 Å². The summed E-state index contributed by atoms with van der Waals surface area (Å²) in [6.07, 6.45) is 3.33. The van der Waals surface area contributed by atoms with Crippen LogP contribution in [0.1, 0.15) is 11.1 Å². The van der Waals surface area contributed by atoms with Crippen molar-refractivity contribution < 1.29 is 23.7 Å². The molecule has 0 aliphatic rings. The molecule has 2 rings (SSSR count). The van der Waals surface area contributed by atoms with E-state index in [-0.39, 0.29) is 11.2 Å². The first-order valence-corrected chi connectivity index (χ1v) is 5.22. The van der Waals surface area contributed by atoms with E-state index in [1.807, 2.05) is 0 Å². The second kappa shape index (κ2) is 5.20. The third-order valence-electron chi connectivity index (χ3n) is 2.51. The molecule has 0 fully saturated rings. The maximum Gasteiger partial charge on any atom is 0.492 e. The minimum Gasteiger partial charge on any atom is -0.494 e. The maximum atomic E-state index is 13.7. The quantitative estimate of drug-likeness (QED) is 0.753. The van der Waals surface area contributed by atoms with Crippen molar-refractivity contribution in [2.75, 3.05) is 7.11 Å². The predicted octanol–water partition coefficient (Wildman–Crippen LogP) is 0.0929. The van der Waals surface area contributed by atoms with Gasteiger partial charge >= 0.3 is 7.12 Å². The van der Waals surface area contributed by atoms with Crippen molar-refractivity contribution in [3.63, 3.8) is 0 Å². The van der Waals surface area contributed by atoms with Gasteiger partial charge in [0.2, 0.25) is 0 Å². The Labute approximate surface area is 103 Å². The smallest absolute Gasteiger partial charge is 0.492 e. The molecular formula is C11H11BFNO4. The molecule has 18 heavy (non-hydrogen) atoms. The first-order chi connectivity index (χ1) is 8.61. The number of hydrogen-bond donors (Lipinski definition) is 2. The van der Waals surface area contributed by atoms with E-state index in [0.717, 1.165) is 5.56 Å². The van der Waals surface area contributed by atoms with Gasteiger partial charge in [0.25, 0.3) is 0 Å². The van der Waals surface area contributed by atoms with Crippen LogP contribution in [0.5, 0.6) is 5.75 Å². The molecule has 0 saturated carbocycles. The van der Waals surface area contributed by atoms with E-state index in [1.165, 1.54) is 31.7 Å². The van der Waals surface area contributed by atoms with Crippen LogP contribution in [0.15, 0.2) is 29.1 Å². The lowest BCUT2D eigenvalue weighted by Crippen LogP contribution is -2.32. The number of halogens is 1. The molecule has 0 unspecified atom stereocenters. The number of ether oxygens (including phenoxy) is 1. The summed E-state index contributed by atoms with van der Waals surface area (Å²) in [5.74, 6) is -0.811. The van der Waals surface area contributed by atoms with Crippen LogP contribution in [-0.2, 0) is 6.42 Å². The molecule has 1 aromatic carbocycles. The Hall–Kier alpha value is -1.86. The number of rotatable bonds is 4. The highest BCUT2D eigenvalue weighted by atomic mass is 19.1. The van der Waals surface area contributed by atoms with Gasteiger partial charge in [-0.25, -0.2) is 4.39 Å². The number of hydrogen-bond acceptors (Lipinski definition) is 5. The van der Waals surface area contributed by atoms with Gasteiger partial charge in [-0.05, 0) is 11.6 Å². The zero-order valence-electron chi connectivity index (χ0n) is 9.63. The van der Waals surface area contributed by atoms with Crippen molar-refractivity contribution in [2.45, 2.75) is 6.42 Å². The van der Waals surface area contributed by atoms with Crippen molar-refractivity contribution >= 4 is 12.6 Å². The summed E-state index contributed by atoms with van der Waals surface area (Å²) in [4.78, 5) is 0. The van der Waals surface area contributed by atoms with Gasteiger partial charge in [-0.3, -0.25) is 0 Å². The van der Waals surface area contributed by atoms with Crippen LogP contribution in [0.4, 0.5) is 4.39 Å². The highest BCUT2D eigenvalue weighted by Gasteiger charge is 2.21. The minimum atomic E-state index is -1.79. The maximum absolute atomic E-state index is 13.7. The second-order valence-corrected chi connectivity index (χ2v) is 3.78. The lowest BCUT2D eigenvalue weighted by molar-refractivity contribution is 0.381. The van der Waals surface area contributed by atoms with E-state index in [1.54, 1.807) is 0 Å². The van der Waals surface area contributed by atoms with Gasteiger partial charge in [-0.15, -0.1) is 0 Å². The standard InChI is InChI=1S/C11H11BFNO4/c1-17-11-9(12(15)16)3-7(4-10(11)13)2-8-5-14-18-6-8/h3-6,15-16H,2H2,1H3. The van der Waals surface area contributed by atoms with Crippen molar-refractivity contribution in [3.8, 4) is 5.75 Å². The fraction of sp³-hybridized carbons (Fsp3) is 0.182. The molecule has 94 valence electrons. The molecule has 0 amide bonds. The van der Waals surface area contributed by atoms with Crippen molar-refractivity contribution in [1.29, 1.82) is 0 Å². The lowest BCUT2D eigenvalue weighted by Gasteiger charge is -2.11. The monoisotopic (exact) mass is 251 g/mol. The topological polar surface area (TPSA) is 75.7 Å². The van der Waals surface area contributed by atoms with Gasteiger partial charge in [0, 0.05) is 17.4 Å². The van der Waals surface area contributed by atoms with E-state index >= 15 is 0 Å². The molecule has 0 bridgehead atoms. The Morgan fingerprint density at radius 1 is 1.39 bits per heavy atom. The molecule has 2 aromatic rings. The Morgan fingerprint density at radius 3 is 2.72 bits per heavy atom. The molecule has 2 N–H and O–H groups in total. The Morgan fingerprint density at radius 2 is 2.17 bits per heavy atom. The average Bonchev–Trinajstić information content (AvgIpc) is 2.81. The Kier molecular flexibility index (Phi) is 3.64. The molecule has 0 aliphatic carbocycles. The molecule has 0 saturated heterocycles. The van der Waals surface area contributed by atoms with E-state index in [2.05, 4.69) is 9.68 Å². The third-order valence-corrected chi connectivity index (χ3v) is 2.51. The van der Waals surface area contributed by atoms with Crippen molar-refractivity contribution in [3.05, 3.63) is 41.5 Å². The molecule has 0 radical (unpaired) electrons. The van der Waals surface area contributed by atoms with Gasteiger partial charge in [0.05, 0.1) is 13.3 Å². The molecule has 7 heteroatoms. The molecule has 0 aliphatic heterocycles. The van der Waals surface area contributed by atoms with Crippen LogP contribution in [0.25, 0.3) is 0 Å². The zero-order chi connectivity index (χ0) is 13.1. The highest BCUT2D eigenvalue weighted by Crippen LogP contribution is 2.18. The zero-order valence-corrected chi connectivity index (χ0v) is 9.63. The molecule has 1 aromatic heterocycles. The summed E-state index contributed by atoms with van der Waals surface area (Å²) in [5.41, 5.74) is 1.32. The summed E-state index contributed by atoms with van der Waals surface area (Å²) >= 11 is 0. The molecule has 5 nitrogen and oxygen atoms in total. The summed E-state index contributed by atoms with van der Waals surface area (Å²) in [5, 5.41) is 21.9. The largest absolute Gasteiger partial charge is 0.494 e. The average molecular weight is 251 g/mol. The lowest BCUT2D eigenvalue weighted by atomic mass is 9.78. The second-order valence-electron chi connectivity index (χ2n) is 3.78. The van der Waals surface area contributed by atoms with E-state index < -0.39 is 12.9 Å². The minimum absolute atomic E-state index is 0.0102.